The van der Waals surface area contributed by atoms with Gasteiger partial charge in [-0.1, -0.05) is 12.1 Å². The van der Waals surface area contributed by atoms with Gasteiger partial charge in [-0.05, 0) is 49.2 Å². The number of hydrogen-bond donors (Lipinski definition) is 2. The maximum absolute atomic E-state index is 12.9. The molecule has 1 aliphatic rings. The van der Waals surface area contributed by atoms with Crippen LogP contribution in [-0.4, -0.2) is 17.1 Å². The quantitative estimate of drug-likeness (QED) is 0.886. The summed E-state index contributed by atoms with van der Waals surface area (Å²) in [5, 5.41) is 5.55. The number of anilines is 2. The van der Waals surface area contributed by atoms with E-state index in [0.29, 0.717) is 18.5 Å². The molecule has 0 fully saturated rings. The standard InChI is InChI=1S/C18H17FN2O2S/c1-11-18(23)21-15-10-14(7-8-16(15)24-11)20-17(22)9-4-12-2-5-13(19)6-3-12/h2-3,5-8,10-11H,4,9H2,1H3,(H,20,22)(H,21,23). The fourth-order valence-corrected chi connectivity index (χ4v) is 3.35. The van der Waals surface area contributed by atoms with E-state index in [1.807, 2.05) is 19.1 Å². The second kappa shape index (κ2) is 7.05. The Morgan fingerprint density at radius 2 is 2.00 bits per heavy atom. The van der Waals surface area contributed by atoms with Crippen molar-refractivity contribution in [1.82, 2.24) is 0 Å². The van der Waals surface area contributed by atoms with Gasteiger partial charge in [0.1, 0.15) is 5.82 Å². The summed E-state index contributed by atoms with van der Waals surface area (Å²) in [5.41, 5.74) is 2.28. The molecule has 2 amide bonds. The zero-order valence-electron chi connectivity index (χ0n) is 13.1. The molecule has 1 unspecified atom stereocenters. The Balaban J connectivity index is 1.59. The van der Waals surface area contributed by atoms with Crippen molar-refractivity contribution >= 4 is 35.0 Å². The monoisotopic (exact) mass is 344 g/mol. The molecule has 2 aromatic rings. The van der Waals surface area contributed by atoms with Gasteiger partial charge in [-0.3, -0.25) is 9.59 Å². The molecule has 2 aromatic carbocycles. The zero-order valence-corrected chi connectivity index (χ0v) is 14.0. The van der Waals surface area contributed by atoms with Crippen LogP contribution in [0.5, 0.6) is 0 Å². The number of amides is 2. The van der Waals surface area contributed by atoms with Gasteiger partial charge >= 0.3 is 0 Å². The predicted octanol–water partition coefficient (Wildman–Crippen LogP) is 3.83. The van der Waals surface area contributed by atoms with Crippen molar-refractivity contribution in [2.24, 2.45) is 0 Å². The molecule has 0 aromatic heterocycles. The first-order valence-electron chi connectivity index (χ1n) is 7.67. The molecule has 6 heteroatoms. The average Bonchev–Trinajstić information content (AvgIpc) is 2.56. The third kappa shape index (κ3) is 3.94. The third-order valence-electron chi connectivity index (χ3n) is 3.75. The van der Waals surface area contributed by atoms with Gasteiger partial charge < -0.3 is 10.6 Å². The van der Waals surface area contributed by atoms with Crippen LogP contribution in [0.4, 0.5) is 15.8 Å². The van der Waals surface area contributed by atoms with Crippen LogP contribution in [0.15, 0.2) is 47.4 Å². The first-order valence-corrected chi connectivity index (χ1v) is 8.55. The number of hydrogen-bond acceptors (Lipinski definition) is 3. The molecule has 0 bridgehead atoms. The molecule has 0 saturated carbocycles. The summed E-state index contributed by atoms with van der Waals surface area (Å²) in [7, 11) is 0. The van der Waals surface area contributed by atoms with E-state index < -0.39 is 0 Å². The van der Waals surface area contributed by atoms with Crippen LogP contribution in [-0.2, 0) is 16.0 Å². The molecule has 3 rings (SSSR count). The lowest BCUT2D eigenvalue weighted by atomic mass is 10.1. The van der Waals surface area contributed by atoms with Gasteiger partial charge in [-0.25, -0.2) is 4.39 Å². The maximum atomic E-state index is 12.9. The first-order chi connectivity index (χ1) is 11.5. The van der Waals surface area contributed by atoms with Gasteiger partial charge in [-0.15, -0.1) is 11.8 Å². The summed E-state index contributed by atoms with van der Waals surface area (Å²) in [6, 6.07) is 11.6. The molecule has 124 valence electrons. The zero-order chi connectivity index (χ0) is 17.1. The largest absolute Gasteiger partial charge is 0.326 e. The Bertz CT molecular complexity index is 777. The number of fused-ring (bicyclic) bond motifs is 1. The minimum Gasteiger partial charge on any atom is -0.326 e. The summed E-state index contributed by atoms with van der Waals surface area (Å²) in [6.45, 7) is 1.86. The van der Waals surface area contributed by atoms with Crippen molar-refractivity contribution in [3.05, 3.63) is 53.8 Å². The van der Waals surface area contributed by atoms with Crippen molar-refractivity contribution < 1.29 is 14.0 Å². The van der Waals surface area contributed by atoms with E-state index in [9.17, 15) is 14.0 Å². The highest BCUT2D eigenvalue weighted by Gasteiger charge is 2.23. The second-order valence-electron chi connectivity index (χ2n) is 5.63. The lowest BCUT2D eigenvalue weighted by molar-refractivity contribution is -0.116. The lowest BCUT2D eigenvalue weighted by Crippen LogP contribution is -2.26. The highest BCUT2D eigenvalue weighted by molar-refractivity contribution is 8.00. The highest BCUT2D eigenvalue weighted by Crippen LogP contribution is 2.36. The van der Waals surface area contributed by atoms with Crippen molar-refractivity contribution in [2.75, 3.05) is 10.6 Å². The van der Waals surface area contributed by atoms with Crippen LogP contribution in [0.25, 0.3) is 0 Å². The Kier molecular flexibility index (Phi) is 4.85. The van der Waals surface area contributed by atoms with Crippen molar-refractivity contribution in [3.8, 4) is 0 Å². The number of benzene rings is 2. The van der Waals surface area contributed by atoms with Crippen molar-refractivity contribution in [1.29, 1.82) is 0 Å². The SMILES string of the molecule is CC1Sc2ccc(NC(=O)CCc3ccc(F)cc3)cc2NC1=O. The molecular weight excluding hydrogens is 327 g/mol. The number of nitrogens with one attached hydrogen (secondary N) is 2. The number of halogens is 1. The van der Waals surface area contributed by atoms with E-state index >= 15 is 0 Å². The van der Waals surface area contributed by atoms with E-state index in [1.54, 1.807) is 18.2 Å². The molecule has 1 aliphatic heterocycles. The average molecular weight is 344 g/mol. The topological polar surface area (TPSA) is 58.2 Å². The summed E-state index contributed by atoms with van der Waals surface area (Å²) < 4.78 is 12.9. The molecular formula is C18H17FN2O2S. The Morgan fingerprint density at radius 1 is 1.25 bits per heavy atom. The molecule has 2 N–H and O–H groups in total. The van der Waals surface area contributed by atoms with Crippen LogP contribution < -0.4 is 10.6 Å². The molecule has 0 aliphatic carbocycles. The predicted molar refractivity (Wildman–Crippen MR) is 93.7 cm³/mol. The van der Waals surface area contributed by atoms with Gasteiger partial charge in [0, 0.05) is 17.0 Å². The molecule has 24 heavy (non-hydrogen) atoms. The number of carbonyl (C=O) groups is 2. The number of aryl methyl sites for hydroxylation is 1. The van der Waals surface area contributed by atoms with Gasteiger partial charge in [0.15, 0.2) is 0 Å². The Hall–Kier alpha value is -2.34. The molecule has 0 spiro atoms. The normalized spacial score (nSPS) is 16.2. The van der Waals surface area contributed by atoms with Gasteiger partial charge in [0.25, 0.3) is 0 Å². The third-order valence-corrected chi connectivity index (χ3v) is 4.93. The van der Waals surface area contributed by atoms with Crippen molar-refractivity contribution in [2.45, 2.75) is 29.9 Å². The van der Waals surface area contributed by atoms with Crippen LogP contribution in [0.1, 0.15) is 18.9 Å². The number of thioether (sulfide) groups is 1. The molecule has 1 heterocycles. The summed E-state index contributed by atoms with van der Waals surface area (Å²) >= 11 is 1.50. The van der Waals surface area contributed by atoms with E-state index in [1.165, 1.54) is 23.9 Å². The Labute approximate surface area is 143 Å². The van der Waals surface area contributed by atoms with Crippen LogP contribution in [0.2, 0.25) is 0 Å². The van der Waals surface area contributed by atoms with E-state index in [2.05, 4.69) is 10.6 Å². The molecule has 1 atom stereocenters. The van der Waals surface area contributed by atoms with E-state index in [0.717, 1.165) is 16.1 Å². The maximum Gasteiger partial charge on any atom is 0.237 e. The Morgan fingerprint density at radius 3 is 2.75 bits per heavy atom. The van der Waals surface area contributed by atoms with Crippen LogP contribution >= 0.6 is 11.8 Å². The van der Waals surface area contributed by atoms with Crippen LogP contribution in [0.3, 0.4) is 0 Å². The fraction of sp³-hybridized carbons (Fsp3) is 0.222. The van der Waals surface area contributed by atoms with Crippen molar-refractivity contribution in [3.63, 3.8) is 0 Å². The van der Waals surface area contributed by atoms with E-state index in [4.69, 9.17) is 0 Å². The van der Waals surface area contributed by atoms with Gasteiger partial charge in [0.05, 0.1) is 10.9 Å². The fourth-order valence-electron chi connectivity index (χ4n) is 2.42. The smallest absolute Gasteiger partial charge is 0.237 e. The lowest BCUT2D eigenvalue weighted by Gasteiger charge is -2.22. The first kappa shape index (κ1) is 16.5. The molecule has 0 radical (unpaired) electrons. The number of rotatable bonds is 4. The summed E-state index contributed by atoms with van der Waals surface area (Å²) in [6.07, 6.45) is 0.849. The highest BCUT2D eigenvalue weighted by atomic mass is 32.2. The van der Waals surface area contributed by atoms with Gasteiger partial charge in [0.2, 0.25) is 11.8 Å². The van der Waals surface area contributed by atoms with Gasteiger partial charge in [-0.2, -0.15) is 0 Å². The molecule has 4 nitrogen and oxygen atoms in total. The minimum atomic E-state index is -0.286. The second-order valence-corrected chi connectivity index (χ2v) is 7.02. The summed E-state index contributed by atoms with van der Waals surface area (Å²) in [4.78, 5) is 24.8. The molecule has 0 saturated heterocycles. The van der Waals surface area contributed by atoms with E-state index in [-0.39, 0.29) is 22.9 Å². The summed E-state index contributed by atoms with van der Waals surface area (Å²) in [5.74, 6) is -0.443. The van der Waals surface area contributed by atoms with Crippen LogP contribution in [0, 0.1) is 5.82 Å². The number of carbonyl (C=O) groups excluding carboxylic acids is 2. The minimum absolute atomic E-state index is 0.0349.